The fourth-order valence-electron chi connectivity index (χ4n) is 4.71. The van der Waals surface area contributed by atoms with E-state index in [4.69, 9.17) is 4.74 Å². The van der Waals surface area contributed by atoms with E-state index < -0.39 is 0 Å². The van der Waals surface area contributed by atoms with Crippen LogP contribution < -0.4 is 4.74 Å². The third kappa shape index (κ3) is 3.17. The molecule has 1 aromatic rings. The van der Waals surface area contributed by atoms with Crippen LogP contribution in [0.25, 0.3) is 0 Å². The molecule has 0 amide bonds. The fraction of sp³-hybridized carbons (Fsp3) is 0.700. The summed E-state index contributed by atoms with van der Waals surface area (Å²) in [7, 11) is 2.29. The summed E-state index contributed by atoms with van der Waals surface area (Å²) in [6.07, 6.45) is 8.44. The van der Waals surface area contributed by atoms with E-state index in [1.807, 2.05) is 0 Å². The summed E-state index contributed by atoms with van der Waals surface area (Å²) in [4.78, 5) is 2.55. The summed E-state index contributed by atoms with van der Waals surface area (Å²) in [6, 6.07) is 9.00. The van der Waals surface area contributed by atoms with Crippen molar-refractivity contribution in [3.63, 3.8) is 0 Å². The van der Waals surface area contributed by atoms with Gasteiger partial charge in [-0.15, -0.1) is 0 Å². The summed E-state index contributed by atoms with van der Waals surface area (Å²) in [6.45, 7) is 6.72. The summed E-state index contributed by atoms with van der Waals surface area (Å²) < 4.78 is 5.96. The number of fused-ring (bicyclic) bond motifs is 1. The lowest BCUT2D eigenvalue weighted by Gasteiger charge is -2.44. The van der Waals surface area contributed by atoms with Crippen LogP contribution in [0.2, 0.25) is 0 Å². The molecule has 1 aliphatic heterocycles. The van der Waals surface area contributed by atoms with Gasteiger partial charge >= 0.3 is 0 Å². The zero-order valence-electron chi connectivity index (χ0n) is 14.5. The van der Waals surface area contributed by atoms with Gasteiger partial charge in [-0.1, -0.05) is 25.0 Å². The maximum absolute atomic E-state index is 5.96. The summed E-state index contributed by atoms with van der Waals surface area (Å²) in [5, 5.41) is 0. The van der Waals surface area contributed by atoms with Crippen LogP contribution >= 0.6 is 0 Å². The van der Waals surface area contributed by atoms with Gasteiger partial charge < -0.3 is 9.64 Å². The Bertz CT molecular complexity index is 498. The quantitative estimate of drug-likeness (QED) is 0.807. The standard InChI is InChI=1S/C20H31NO/c1-16(2)22-19-10-6-9-17(14-19)20-11-5-4-8-18(20)15-21(3)13-7-12-20/h6,9-10,14,16,18H,4-5,7-8,11-13,15H2,1-3H3. The molecule has 3 rings (SSSR count). The number of rotatable bonds is 3. The summed E-state index contributed by atoms with van der Waals surface area (Å²) in [5.74, 6) is 1.85. The van der Waals surface area contributed by atoms with E-state index in [-0.39, 0.29) is 6.10 Å². The number of ether oxygens (including phenoxy) is 1. The lowest BCUT2D eigenvalue weighted by molar-refractivity contribution is 0.156. The molecule has 22 heavy (non-hydrogen) atoms. The molecule has 0 spiro atoms. The van der Waals surface area contributed by atoms with Crippen molar-refractivity contribution in [3.8, 4) is 5.75 Å². The van der Waals surface area contributed by atoms with Gasteiger partial charge in [0.2, 0.25) is 0 Å². The Morgan fingerprint density at radius 2 is 2.00 bits per heavy atom. The Morgan fingerprint density at radius 1 is 1.18 bits per heavy atom. The minimum Gasteiger partial charge on any atom is -0.491 e. The van der Waals surface area contributed by atoms with E-state index in [1.165, 1.54) is 57.2 Å². The highest BCUT2D eigenvalue weighted by Gasteiger charge is 2.43. The van der Waals surface area contributed by atoms with Crippen molar-refractivity contribution in [1.82, 2.24) is 4.90 Å². The van der Waals surface area contributed by atoms with Gasteiger partial charge in [-0.2, -0.15) is 0 Å². The van der Waals surface area contributed by atoms with E-state index >= 15 is 0 Å². The van der Waals surface area contributed by atoms with Crippen LogP contribution in [-0.4, -0.2) is 31.1 Å². The maximum atomic E-state index is 5.96. The molecule has 1 aromatic carbocycles. The van der Waals surface area contributed by atoms with Gasteiger partial charge in [-0.25, -0.2) is 0 Å². The molecule has 2 nitrogen and oxygen atoms in total. The zero-order chi connectivity index (χ0) is 15.6. The molecule has 2 unspecified atom stereocenters. The Kier molecular flexibility index (Phi) is 4.77. The third-order valence-electron chi connectivity index (χ3n) is 5.68. The average Bonchev–Trinajstić information content (AvgIpc) is 2.65. The van der Waals surface area contributed by atoms with Crippen molar-refractivity contribution in [3.05, 3.63) is 29.8 Å². The first-order chi connectivity index (χ1) is 10.6. The summed E-state index contributed by atoms with van der Waals surface area (Å²) >= 11 is 0. The van der Waals surface area contributed by atoms with Crippen molar-refractivity contribution in [2.45, 2.75) is 63.9 Å². The molecule has 0 radical (unpaired) electrons. The second-order valence-corrected chi connectivity index (χ2v) is 7.66. The molecule has 2 atom stereocenters. The predicted octanol–water partition coefficient (Wildman–Crippen LogP) is 4.63. The van der Waals surface area contributed by atoms with Crippen molar-refractivity contribution in [2.75, 3.05) is 20.1 Å². The Morgan fingerprint density at radius 3 is 2.82 bits per heavy atom. The van der Waals surface area contributed by atoms with E-state index in [0.29, 0.717) is 5.41 Å². The second-order valence-electron chi connectivity index (χ2n) is 7.66. The Balaban J connectivity index is 1.94. The van der Waals surface area contributed by atoms with Crippen LogP contribution in [0.1, 0.15) is 57.9 Å². The highest BCUT2D eigenvalue weighted by Crippen LogP contribution is 2.49. The largest absolute Gasteiger partial charge is 0.491 e. The molecule has 0 N–H and O–H groups in total. The van der Waals surface area contributed by atoms with Gasteiger partial charge in [-0.05, 0) is 82.2 Å². The van der Waals surface area contributed by atoms with Crippen LogP contribution in [0.15, 0.2) is 24.3 Å². The van der Waals surface area contributed by atoms with Crippen LogP contribution in [0, 0.1) is 5.92 Å². The Labute approximate surface area is 135 Å². The molecular formula is C20H31NO. The van der Waals surface area contributed by atoms with E-state index in [9.17, 15) is 0 Å². The lowest BCUT2D eigenvalue weighted by Crippen LogP contribution is -2.41. The average molecular weight is 301 g/mol. The van der Waals surface area contributed by atoms with Crippen molar-refractivity contribution < 1.29 is 4.74 Å². The molecule has 122 valence electrons. The van der Waals surface area contributed by atoms with Crippen molar-refractivity contribution >= 4 is 0 Å². The Hall–Kier alpha value is -1.02. The van der Waals surface area contributed by atoms with E-state index in [1.54, 1.807) is 0 Å². The number of hydrogen-bond acceptors (Lipinski definition) is 2. The number of benzene rings is 1. The van der Waals surface area contributed by atoms with Gasteiger partial charge in [-0.3, -0.25) is 0 Å². The molecule has 2 heteroatoms. The monoisotopic (exact) mass is 301 g/mol. The second kappa shape index (κ2) is 6.62. The predicted molar refractivity (Wildman–Crippen MR) is 92.6 cm³/mol. The minimum atomic E-state index is 0.246. The molecule has 2 fully saturated rings. The van der Waals surface area contributed by atoms with Crippen LogP contribution in [0.3, 0.4) is 0 Å². The lowest BCUT2D eigenvalue weighted by atomic mass is 9.61. The van der Waals surface area contributed by atoms with E-state index in [0.717, 1.165) is 11.7 Å². The molecule has 1 aliphatic carbocycles. The number of hydrogen-bond donors (Lipinski definition) is 0. The number of nitrogens with zero attached hydrogens (tertiary/aromatic N) is 1. The maximum Gasteiger partial charge on any atom is 0.119 e. The molecular weight excluding hydrogens is 270 g/mol. The van der Waals surface area contributed by atoms with Crippen LogP contribution in [0.5, 0.6) is 5.75 Å². The normalized spacial score (nSPS) is 29.9. The van der Waals surface area contributed by atoms with Gasteiger partial charge in [0.1, 0.15) is 5.75 Å². The molecule has 1 saturated carbocycles. The first-order valence-corrected chi connectivity index (χ1v) is 9.06. The van der Waals surface area contributed by atoms with E-state index in [2.05, 4.69) is 50.1 Å². The van der Waals surface area contributed by atoms with Crippen molar-refractivity contribution in [1.29, 1.82) is 0 Å². The number of likely N-dealkylation sites (tertiary alicyclic amines) is 1. The van der Waals surface area contributed by atoms with Gasteiger partial charge in [0, 0.05) is 6.54 Å². The fourth-order valence-corrected chi connectivity index (χ4v) is 4.71. The van der Waals surface area contributed by atoms with Gasteiger partial charge in [0.25, 0.3) is 0 Å². The third-order valence-corrected chi connectivity index (χ3v) is 5.68. The highest BCUT2D eigenvalue weighted by molar-refractivity contribution is 5.35. The molecule has 0 bridgehead atoms. The zero-order valence-corrected chi connectivity index (χ0v) is 14.5. The molecule has 2 aliphatic rings. The summed E-state index contributed by atoms with van der Waals surface area (Å²) in [5.41, 5.74) is 1.92. The highest BCUT2D eigenvalue weighted by atomic mass is 16.5. The van der Waals surface area contributed by atoms with Crippen molar-refractivity contribution in [2.24, 2.45) is 5.92 Å². The SMILES string of the molecule is CC(C)Oc1cccc(C23CCCCC2CN(C)CCC3)c1. The van der Waals surface area contributed by atoms with Gasteiger partial charge in [0.05, 0.1) is 6.10 Å². The molecule has 1 heterocycles. The molecule has 0 aromatic heterocycles. The first-order valence-electron chi connectivity index (χ1n) is 9.06. The first kappa shape index (κ1) is 15.9. The minimum absolute atomic E-state index is 0.246. The topological polar surface area (TPSA) is 12.5 Å². The molecule has 1 saturated heterocycles. The smallest absolute Gasteiger partial charge is 0.119 e. The van der Waals surface area contributed by atoms with Gasteiger partial charge in [0.15, 0.2) is 0 Å². The van der Waals surface area contributed by atoms with Crippen LogP contribution in [0.4, 0.5) is 0 Å². The van der Waals surface area contributed by atoms with Crippen LogP contribution in [-0.2, 0) is 5.41 Å².